The van der Waals surface area contributed by atoms with Crippen LogP contribution >= 0.6 is 0 Å². The lowest BCUT2D eigenvalue weighted by Crippen LogP contribution is -2.22. The van der Waals surface area contributed by atoms with Gasteiger partial charge in [-0.05, 0) is 26.7 Å². The summed E-state index contributed by atoms with van der Waals surface area (Å²) in [6.07, 6.45) is 0.316. The third kappa shape index (κ3) is 7.54. The van der Waals surface area contributed by atoms with Crippen molar-refractivity contribution in [3.05, 3.63) is 5.92 Å². The van der Waals surface area contributed by atoms with Gasteiger partial charge in [-0.15, -0.1) is 0 Å². The molecule has 0 aliphatic carbocycles. The van der Waals surface area contributed by atoms with E-state index in [9.17, 15) is 4.79 Å². The first kappa shape index (κ1) is 11.4. The first-order chi connectivity index (χ1) is 5.31. The summed E-state index contributed by atoms with van der Waals surface area (Å²) >= 11 is 0. The van der Waals surface area contributed by atoms with Crippen molar-refractivity contribution in [1.29, 1.82) is 0 Å². The Morgan fingerprint density at radius 3 is 2.08 bits per heavy atom. The largest absolute Gasteiger partial charge is 0.342 e. The Hall–Kier alpha value is -0.570. The highest BCUT2D eigenvalue weighted by Crippen LogP contribution is 2.10. The van der Waals surface area contributed by atoms with Gasteiger partial charge in [-0.25, -0.2) is 4.79 Å². The highest BCUT2D eigenvalue weighted by molar-refractivity contribution is 5.70. The molecule has 3 nitrogen and oxygen atoms in total. The van der Waals surface area contributed by atoms with Crippen molar-refractivity contribution in [2.24, 2.45) is 0 Å². The SMILES string of the molecule is C[C](C)CC(=O)OOC(C)(C)C. The first-order valence-corrected chi connectivity index (χ1v) is 3.99. The summed E-state index contributed by atoms with van der Waals surface area (Å²) in [5.41, 5.74) is -0.433. The van der Waals surface area contributed by atoms with Crippen LogP contribution < -0.4 is 0 Å². The second-order valence-electron chi connectivity index (χ2n) is 4.03. The van der Waals surface area contributed by atoms with Crippen LogP contribution in [0.4, 0.5) is 0 Å². The van der Waals surface area contributed by atoms with Crippen molar-refractivity contribution in [2.75, 3.05) is 0 Å². The summed E-state index contributed by atoms with van der Waals surface area (Å²) in [7, 11) is 0. The molecule has 0 saturated heterocycles. The average molecular weight is 173 g/mol. The van der Waals surface area contributed by atoms with Gasteiger partial charge in [0.15, 0.2) is 0 Å². The normalized spacial score (nSPS) is 11.8. The molecule has 0 rings (SSSR count). The maximum atomic E-state index is 10.9. The van der Waals surface area contributed by atoms with Gasteiger partial charge in [0, 0.05) is 0 Å². The van der Waals surface area contributed by atoms with Gasteiger partial charge < -0.3 is 0 Å². The van der Waals surface area contributed by atoms with Crippen LogP contribution in [-0.2, 0) is 14.6 Å². The standard InChI is InChI=1S/C9H17O3/c1-7(2)6-8(10)11-12-9(3,4)5/h6H2,1-5H3. The molecular formula is C9H17O3. The molecule has 0 saturated carbocycles. The van der Waals surface area contributed by atoms with Crippen molar-refractivity contribution < 1.29 is 14.6 Å². The molecule has 0 aromatic heterocycles. The van der Waals surface area contributed by atoms with Crippen LogP contribution in [0.5, 0.6) is 0 Å². The molecule has 12 heavy (non-hydrogen) atoms. The van der Waals surface area contributed by atoms with Crippen LogP contribution in [-0.4, -0.2) is 11.6 Å². The Morgan fingerprint density at radius 2 is 1.75 bits per heavy atom. The summed E-state index contributed by atoms with van der Waals surface area (Å²) < 4.78 is 0. The van der Waals surface area contributed by atoms with Crippen molar-refractivity contribution in [2.45, 2.75) is 46.6 Å². The van der Waals surface area contributed by atoms with Gasteiger partial charge >= 0.3 is 5.97 Å². The Balaban J connectivity index is 3.58. The summed E-state index contributed by atoms with van der Waals surface area (Å²) in [6.45, 7) is 9.21. The Morgan fingerprint density at radius 1 is 1.25 bits per heavy atom. The van der Waals surface area contributed by atoms with Crippen molar-refractivity contribution in [3.8, 4) is 0 Å². The van der Waals surface area contributed by atoms with Crippen LogP contribution in [0.15, 0.2) is 0 Å². The van der Waals surface area contributed by atoms with Gasteiger partial charge in [-0.1, -0.05) is 13.8 Å². The van der Waals surface area contributed by atoms with Gasteiger partial charge in [0.05, 0.1) is 6.42 Å². The summed E-state index contributed by atoms with van der Waals surface area (Å²) in [6, 6.07) is 0. The molecule has 0 aromatic rings. The molecule has 71 valence electrons. The van der Waals surface area contributed by atoms with Crippen LogP contribution in [0, 0.1) is 5.92 Å². The maximum Gasteiger partial charge on any atom is 0.342 e. The van der Waals surface area contributed by atoms with E-state index in [-0.39, 0.29) is 5.97 Å². The molecule has 0 unspecified atom stereocenters. The quantitative estimate of drug-likeness (QED) is 0.485. The van der Waals surface area contributed by atoms with E-state index in [2.05, 4.69) is 4.89 Å². The van der Waals surface area contributed by atoms with E-state index in [0.717, 1.165) is 5.92 Å². The van der Waals surface area contributed by atoms with Gasteiger partial charge in [-0.3, -0.25) is 4.89 Å². The van der Waals surface area contributed by atoms with Crippen LogP contribution in [0.25, 0.3) is 0 Å². The smallest absolute Gasteiger partial charge is 0.298 e. The van der Waals surface area contributed by atoms with Crippen molar-refractivity contribution in [1.82, 2.24) is 0 Å². The lowest BCUT2D eigenvalue weighted by molar-refractivity contribution is -0.320. The molecule has 0 amide bonds. The summed E-state index contributed by atoms with van der Waals surface area (Å²) in [5, 5.41) is 0. The topological polar surface area (TPSA) is 35.5 Å². The van der Waals surface area contributed by atoms with E-state index in [1.165, 1.54) is 0 Å². The molecule has 3 heteroatoms. The summed E-state index contributed by atoms with van der Waals surface area (Å²) in [5.74, 6) is 0.669. The van der Waals surface area contributed by atoms with Gasteiger partial charge in [0.25, 0.3) is 0 Å². The molecule has 0 aromatic carbocycles. The highest BCUT2D eigenvalue weighted by Gasteiger charge is 2.15. The molecule has 0 bridgehead atoms. The molecule has 0 heterocycles. The Labute approximate surface area is 74.0 Å². The van der Waals surface area contributed by atoms with Gasteiger partial charge in [-0.2, -0.15) is 4.89 Å². The lowest BCUT2D eigenvalue weighted by atomic mass is 10.1. The van der Waals surface area contributed by atoms with Crippen molar-refractivity contribution in [3.63, 3.8) is 0 Å². The van der Waals surface area contributed by atoms with Crippen LogP contribution in [0.2, 0.25) is 0 Å². The monoisotopic (exact) mass is 173 g/mol. The van der Waals surface area contributed by atoms with Gasteiger partial charge in [0.1, 0.15) is 5.60 Å². The number of hydrogen-bond donors (Lipinski definition) is 0. The minimum atomic E-state index is -0.433. The number of carbonyl (C=O) groups is 1. The predicted octanol–water partition coefficient (Wildman–Crippen LogP) is 2.26. The molecular weight excluding hydrogens is 156 g/mol. The highest BCUT2D eigenvalue weighted by atomic mass is 17.2. The van der Waals surface area contributed by atoms with E-state index in [1.807, 2.05) is 34.6 Å². The average Bonchev–Trinajstić information content (AvgIpc) is 1.80. The molecule has 0 aliphatic heterocycles. The lowest BCUT2D eigenvalue weighted by Gasteiger charge is -2.16. The van der Waals surface area contributed by atoms with E-state index in [1.54, 1.807) is 0 Å². The minimum Gasteiger partial charge on any atom is -0.298 e. The van der Waals surface area contributed by atoms with Crippen LogP contribution in [0.1, 0.15) is 41.0 Å². The fraction of sp³-hybridized carbons (Fsp3) is 0.778. The molecule has 0 fully saturated rings. The predicted molar refractivity (Wildman–Crippen MR) is 46.1 cm³/mol. The Kier molecular flexibility index (Phi) is 4.24. The number of rotatable bonds is 3. The molecule has 0 N–H and O–H groups in total. The third-order valence-electron chi connectivity index (χ3n) is 0.883. The van der Waals surface area contributed by atoms with Crippen LogP contribution in [0.3, 0.4) is 0 Å². The number of hydrogen-bond acceptors (Lipinski definition) is 3. The molecule has 1 radical (unpaired) electrons. The third-order valence-corrected chi connectivity index (χ3v) is 0.883. The fourth-order valence-electron chi connectivity index (χ4n) is 0.490. The number of carbonyl (C=O) groups excluding carboxylic acids is 1. The van der Waals surface area contributed by atoms with Crippen molar-refractivity contribution >= 4 is 5.97 Å². The second kappa shape index (κ2) is 4.45. The van der Waals surface area contributed by atoms with E-state index < -0.39 is 5.60 Å². The van der Waals surface area contributed by atoms with E-state index in [4.69, 9.17) is 4.89 Å². The zero-order valence-electron chi connectivity index (χ0n) is 8.43. The minimum absolute atomic E-state index is 0.316. The van der Waals surface area contributed by atoms with Gasteiger partial charge in [0.2, 0.25) is 0 Å². The van der Waals surface area contributed by atoms with E-state index in [0.29, 0.717) is 6.42 Å². The molecule has 0 atom stereocenters. The zero-order valence-corrected chi connectivity index (χ0v) is 8.43. The molecule has 0 spiro atoms. The Bertz CT molecular complexity index is 144. The fourth-order valence-corrected chi connectivity index (χ4v) is 0.490. The molecule has 0 aliphatic rings. The first-order valence-electron chi connectivity index (χ1n) is 3.99. The zero-order chi connectivity index (χ0) is 9.78. The maximum absolute atomic E-state index is 10.9. The summed E-state index contributed by atoms with van der Waals surface area (Å²) in [4.78, 5) is 20.3. The van der Waals surface area contributed by atoms with E-state index >= 15 is 0 Å². The second-order valence-corrected chi connectivity index (χ2v) is 4.03.